The molecule has 1 heteroatoms. The second-order valence-electron chi connectivity index (χ2n) is 3.70. The first kappa shape index (κ1) is 9.40. The summed E-state index contributed by atoms with van der Waals surface area (Å²) in [4.78, 5) is 0. The van der Waals surface area contributed by atoms with Crippen molar-refractivity contribution in [2.75, 3.05) is 0 Å². The van der Waals surface area contributed by atoms with Gasteiger partial charge in [0.1, 0.15) is 0 Å². The third-order valence-electron chi connectivity index (χ3n) is 2.59. The molecule has 0 unspecified atom stereocenters. The van der Waals surface area contributed by atoms with Crippen molar-refractivity contribution in [2.45, 2.75) is 26.7 Å². The van der Waals surface area contributed by atoms with E-state index in [-0.39, 0.29) is 0 Å². The summed E-state index contributed by atoms with van der Waals surface area (Å²) in [6, 6.07) is 0. The Labute approximate surface area is 91.7 Å². The van der Waals surface area contributed by atoms with Crippen LogP contribution < -0.4 is 0 Å². The summed E-state index contributed by atoms with van der Waals surface area (Å²) >= 11 is -0.409. The monoisotopic (exact) mass is 248 g/mol. The maximum absolute atomic E-state index is 2.38. The molecule has 0 aromatic rings. The second-order valence-corrected chi connectivity index (χ2v) is 7.12. The Morgan fingerprint density at radius 2 is 2.08 bits per heavy atom. The Hall–Kier alpha value is -0.157. The molecule has 0 aromatic carbocycles. The van der Waals surface area contributed by atoms with Gasteiger partial charge in [0.2, 0.25) is 0 Å². The first-order valence-electron chi connectivity index (χ1n) is 4.77. The zero-order valence-corrected chi connectivity index (χ0v) is 10.7. The standard InChI is InChI=1S/C7H9.C5H5.Zr/c1-6-3-4-7(2)5-6;1-2-4-5-3-1;/h3H,4H2,1-2H3;1-3H,4H2;. The fourth-order valence-corrected chi connectivity index (χ4v) is 5.03. The van der Waals surface area contributed by atoms with Crippen LogP contribution in [0.1, 0.15) is 26.7 Å². The molecule has 0 N–H and O–H groups in total. The van der Waals surface area contributed by atoms with Crippen LogP contribution in [0.15, 0.2) is 42.0 Å². The number of hydrogen-bond donors (Lipinski definition) is 0. The fourth-order valence-electron chi connectivity index (χ4n) is 1.75. The van der Waals surface area contributed by atoms with Gasteiger partial charge < -0.3 is 0 Å². The average molecular weight is 249 g/mol. The molecule has 2 rings (SSSR count). The first-order chi connectivity index (χ1) is 6.27. The molecular weight excluding hydrogens is 235 g/mol. The van der Waals surface area contributed by atoms with Crippen LogP contribution >= 0.6 is 0 Å². The van der Waals surface area contributed by atoms with Gasteiger partial charge in [-0.2, -0.15) is 0 Å². The van der Waals surface area contributed by atoms with Crippen LogP contribution in [0.4, 0.5) is 0 Å². The summed E-state index contributed by atoms with van der Waals surface area (Å²) in [7, 11) is 0. The molecular formula is C12H14Zr. The van der Waals surface area contributed by atoms with Gasteiger partial charge in [-0.25, -0.2) is 0 Å². The van der Waals surface area contributed by atoms with Gasteiger partial charge in [0, 0.05) is 0 Å². The molecule has 0 bridgehead atoms. The Bertz CT molecular complexity index is 340. The third-order valence-corrected chi connectivity index (χ3v) is 6.93. The van der Waals surface area contributed by atoms with Gasteiger partial charge >= 0.3 is 91.9 Å². The molecule has 0 saturated carbocycles. The van der Waals surface area contributed by atoms with Gasteiger partial charge in [0.25, 0.3) is 0 Å². The molecule has 0 atom stereocenters. The van der Waals surface area contributed by atoms with Crippen molar-refractivity contribution in [1.82, 2.24) is 0 Å². The minimum atomic E-state index is -0.409. The number of allylic oxidation sites excluding steroid dienone is 8. The first-order valence-corrected chi connectivity index (χ1v) is 7.23. The molecule has 66 valence electrons. The summed E-state index contributed by atoms with van der Waals surface area (Å²) in [5.41, 5.74) is 3.20. The molecule has 0 amide bonds. The molecule has 0 aromatic heterocycles. The molecule has 2 aliphatic rings. The Balaban J connectivity index is 2.10. The van der Waals surface area contributed by atoms with Gasteiger partial charge in [-0.05, 0) is 0 Å². The van der Waals surface area contributed by atoms with Crippen LogP contribution in [0.2, 0.25) is 0 Å². The van der Waals surface area contributed by atoms with Crippen LogP contribution in [0.3, 0.4) is 0 Å². The van der Waals surface area contributed by atoms with E-state index in [9.17, 15) is 0 Å². The van der Waals surface area contributed by atoms with E-state index < -0.39 is 23.2 Å². The molecule has 13 heavy (non-hydrogen) atoms. The molecule has 0 aliphatic heterocycles. The van der Waals surface area contributed by atoms with E-state index in [1.807, 2.05) is 0 Å². The number of rotatable bonds is 2. The van der Waals surface area contributed by atoms with Crippen LogP contribution in [0.25, 0.3) is 0 Å². The van der Waals surface area contributed by atoms with Gasteiger partial charge in [-0.15, -0.1) is 0 Å². The topological polar surface area (TPSA) is 0 Å². The molecule has 0 fully saturated rings. The van der Waals surface area contributed by atoms with Crippen LogP contribution in [0, 0.1) is 0 Å². The summed E-state index contributed by atoms with van der Waals surface area (Å²) in [5, 5.41) is 0. The van der Waals surface area contributed by atoms with Crippen molar-refractivity contribution in [1.29, 1.82) is 0 Å². The minimum absolute atomic E-state index is 0.409. The molecule has 0 nitrogen and oxygen atoms in total. The summed E-state index contributed by atoms with van der Waals surface area (Å²) in [6.45, 7) is 4.57. The van der Waals surface area contributed by atoms with E-state index in [2.05, 4.69) is 38.2 Å². The zero-order chi connectivity index (χ0) is 9.26. The van der Waals surface area contributed by atoms with E-state index in [1.165, 1.54) is 12.8 Å². The van der Waals surface area contributed by atoms with Gasteiger partial charge in [-0.3, -0.25) is 0 Å². The predicted octanol–water partition coefficient (Wildman–Crippen LogP) is 3.54. The van der Waals surface area contributed by atoms with Crippen molar-refractivity contribution in [3.8, 4) is 0 Å². The van der Waals surface area contributed by atoms with Gasteiger partial charge in [0.05, 0.1) is 0 Å². The Morgan fingerprint density at radius 1 is 1.23 bits per heavy atom. The van der Waals surface area contributed by atoms with Gasteiger partial charge in [0.15, 0.2) is 0 Å². The maximum atomic E-state index is 2.38. The summed E-state index contributed by atoms with van der Waals surface area (Å²) in [6.07, 6.45) is 11.6. The SMILES string of the molecule is CC1=CCC(C)=[C]1[Zr][C]1=CC=CC1. The number of hydrogen-bond acceptors (Lipinski definition) is 0. The quantitative estimate of drug-likeness (QED) is 0.702. The summed E-state index contributed by atoms with van der Waals surface area (Å²) in [5.74, 6) is 0. The van der Waals surface area contributed by atoms with Crippen molar-refractivity contribution in [3.05, 3.63) is 42.0 Å². The second kappa shape index (κ2) is 3.92. The van der Waals surface area contributed by atoms with Crippen LogP contribution in [-0.2, 0) is 23.2 Å². The average Bonchev–Trinajstić information content (AvgIpc) is 2.70. The third kappa shape index (κ3) is 2.02. The van der Waals surface area contributed by atoms with E-state index in [4.69, 9.17) is 0 Å². The Kier molecular flexibility index (Phi) is 2.84. The van der Waals surface area contributed by atoms with E-state index in [0.29, 0.717) is 0 Å². The van der Waals surface area contributed by atoms with Crippen molar-refractivity contribution in [2.24, 2.45) is 0 Å². The zero-order valence-electron chi connectivity index (χ0n) is 8.22. The molecule has 0 spiro atoms. The van der Waals surface area contributed by atoms with Crippen molar-refractivity contribution < 1.29 is 23.2 Å². The molecule has 0 saturated heterocycles. The summed E-state index contributed by atoms with van der Waals surface area (Å²) < 4.78 is 3.48. The van der Waals surface area contributed by atoms with E-state index in [0.717, 1.165) is 0 Å². The fraction of sp³-hybridized carbons (Fsp3) is 0.333. The van der Waals surface area contributed by atoms with Crippen molar-refractivity contribution >= 4 is 0 Å². The molecule has 0 radical (unpaired) electrons. The normalized spacial score (nSPS) is 20.8. The molecule has 2 aliphatic carbocycles. The van der Waals surface area contributed by atoms with Crippen molar-refractivity contribution in [3.63, 3.8) is 0 Å². The van der Waals surface area contributed by atoms with Crippen LogP contribution in [0.5, 0.6) is 0 Å². The van der Waals surface area contributed by atoms with E-state index in [1.54, 1.807) is 17.7 Å². The van der Waals surface area contributed by atoms with Gasteiger partial charge in [-0.1, -0.05) is 0 Å². The molecule has 0 heterocycles. The predicted molar refractivity (Wildman–Crippen MR) is 52.9 cm³/mol. The Morgan fingerprint density at radius 3 is 2.62 bits per heavy atom. The van der Waals surface area contributed by atoms with Crippen LogP contribution in [-0.4, -0.2) is 0 Å². The van der Waals surface area contributed by atoms with E-state index >= 15 is 0 Å².